The number of sulfonamides is 1. The van der Waals surface area contributed by atoms with Crippen LogP contribution in [0.2, 0.25) is 0 Å². The third-order valence-electron chi connectivity index (χ3n) is 2.59. The molecule has 18 heavy (non-hydrogen) atoms. The Morgan fingerprint density at radius 1 is 1.39 bits per heavy atom. The van der Waals surface area contributed by atoms with E-state index in [-0.39, 0.29) is 16.9 Å². The van der Waals surface area contributed by atoms with Crippen molar-refractivity contribution in [2.24, 2.45) is 0 Å². The van der Waals surface area contributed by atoms with Gasteiger partial charge < -0.3 is 10.8 Å². The lowest BCUT2D eigenvalue weighted by Crippen LogP contribution is -2.33. The van der Waals surface area contributed by atoms with Crippen LogP contribution < -0.4 is 10.0 Å². The molecule has 6 nitrogen and oxygen atoms in total. The number of nitrogens with zero attached hydrogens (tertiary/aromatic N) is 1. The van der Waals surface area contributed by atoms with Crippen molar-refractivity contribution >= 4 is 27.4 Å². The molecular weight excluding hydrogens is 256 g/mol. The topological polar surface area (TPSA) is 101 Å². The van der Waals surface area contributed by atoms with E-state index in [1.165, 1.54) is 25.2 Å². The normalized spacial score (nSPS) is 11.6. The molecule has 0 unspecified atom stereocenters. The Morgan fingerprint density at radius 3 is 2.33 bits per heavy atom. The SMILES string of the molecule is CC(C)S(=O)(=O)N(C)c1ccc(C(=O)O)cc1N. The molecule has 0 aliphatic carbocycles. The van der Waals surface area contributed by atoms with E-state index >= 15 is 0 Å². The molecule has 0 saturated heterocycles. The summed E-state index contributed by atoms with van der Waals surface area (Å²) in [5, 5.41) is 8.22. The fourth-order valence-corrected chi connectivity index (χ4v) is 2.50. The minimum absolute atomic E-state index is 0.0200. The predicted molar refractivity (Wildman–Crippen MR) is 70.3 cm³/mol. The summed E-state index contributed by atoms with van der Waals surface area (Å²) in [6.07, 6.45) is 0. The average Bonchev–Trinajstić information content (AvgIpc) is 2.27. The van der Waals surface area contributed by atoms with Gasteiger partial charge in [-0.15, -0.1) is 0 Å². The van der Waals surface area contributed by atoms with Gasteiger partial charge in [0, 0.05) is 7.05 Å². The smallest absolute Gasteiger partial charge is 0.335 e. The molecule has 1 aromatic rings. The first-order valence-corrected chi connectivity index (χ1v) is 6.78. The Morgan fingerprint density at radius 2 is 1.94 bits per heavy atom. The van der Waals surface area contributed by atoms with E-state index in [1.807, 2.05) is 0 Å². The fourth-order valence-electron chi connectivity index (χ4n) is 1.43. The first-order chi connectivity index (χ1) is 8.17. The van der Waals surface area contributed by atoms with Crippen LogP contribution in [0.15, 0.2) is 18.2 Å². The van der Waals surface area contributed by atoms with Gasteiger partial charge in [-0.05, 0) is 32.0 Å². The second-order valence-electron chi connectivity index (χ2n) is 4.14. The fraction of sp³-hybridized carbons (Fsp3) is 0.364. The summed E-state index contributed by atoms with van der Waals surface area (Å²) in [4.78, 5) is 10.8. The summed E-state index contributed by atoms with van der Waals surface area (Å²) >= 11 is 0. The van der Waals surface area contributed by atoms with E-state index in [0.29, 0.717) is 0 Å². The summed E-state index contributed by atoms with van der Waals surface area (Å²) in [6.45, 7) is 3.13. The molecule has 0 spiro atoms. The number of benzene rings is 1. The number of aromatic carboxylic acids is 1. The molecule has 3 N–H and O–H groups in total. The maximum atomic E-state index is 12.0. The van der Waals surface area contributed by atoms with Crippen LogP contribution in [0.3, 0.4) is 0 Å². The summed E-state index contributed by atoms with van der Waals surface area (Å²) in [5.41, 5.74) is 6.09. The zero-order valence-corrected chi connectivity index (χ0v) is 11.2. The van der Waals surface area contributed by atoms with Crippen molar-refractivity contribution in [3.63, 3.8) is 0 Å². The quantitative estimate of drug-likeness (QED) is 0.800. The number of carboxylic acid groups (broad SMARTS) is 1. The Balaban J connectivity index is 3.24. The number of carboxylic acids is 1. The van der Waals surface area contributed by atoms with Gasteiger partial charge in [0.05, 0.1) is 22.2 Å². The second-order valence-corrected chi connectivity index (χ2v) is 6.66. The van der Waals surface area contributed by atoms with Gasteiger partial charge >= 0.3 is 5.97 Å². The van der Waals surface area contributed by atoms with Crippen molar-refractivity contribution in [3.8, 4) is 0 Å². The molecule has 1 rings (SSSR count). The highest BCUT2D eigenvalue weighted by Gasteiger charge is 2.24. The van der Waals surface area contributed by atoms with Crippen molar-refractivity contribution in [3.05, 3.63) is 23.8 Å². The van der Waals surface area contributed by atoms with Crippen LogP contribution in [-0.2, 0) is 10.0 Å². The Hall–Kier alpha value is -1.76. The Kier molecular flexibility index (Phi) is 3.85. The van der Waals surface area contributed by atoms with Gasteiger partial charge in [0.15, 0.2) is 0 Å². The standard InChI is InChI=1S/C11H16N2O4S/c1-7(2)18(16,17)13(3)10-5-4-8(11(14)15)6-9(10)12/h4-7H,12H2,1-3H3,(H,14,15). The zero-order chi connectivity index (χ0) is 14.1. The number of rotatable bonds is 4. The van der Waals surface area contributed by atoms with E-state index in [2.05, 4.69) is 0 Å². The molecule has 0 aromatic heterocycles. The molecular formula is C11H16N2O4S. The van der Waals surface area contributed by atoms with E-state index in [9.17, 15) is 13.2 Å². The Bertz CT molecular complexity index is 566. The molecule has 0 radical (unpaired) electrons. The molecule has 100 valence electrons. The molecule has 7 heteroatoms. The average molecular weight is 272 g/mol. The summed E-state index contributed by atoms with van der Waals surface area (Å²) in [7, 11) is -2.09. The van der Waals surface area contributed by atoms with E-state index < -0.39 is 21.2 Å². The van der Waals surface area contributed by atoms with Gasteiger partial charge in [-0.25, -0.2) is 13.2 Å². The largest absolute Gasteiger partial charge is 0.478 e. The first-order valence-electron chi connectivity index (χ1n) is 5.28. The third kappa shape index (κ3) is 2.56. The van der Waals surface area contributed by atoms with Crippen molar-refractivity contribution < 1.29 is 18.3 Å². The summed E-state index contributed by atoms with van der Waals surface area (Å²) in [5.74, 6) is -1.11. The van der Waals surface area contributed by atoms with Gasteiger partial charge in [0.2, 0.25) is 10.0 Å². The number of nitrogen functional groups attached to an aromatic ring is 1. The lowest BCUT2D eigenvalue weighted by molar-refractivity contribution is 0.0697. The second kappa shape index (κ2) is 4.85. The maximum Gasteiger partial charge on any atom is 0.335 e. The van der Waals surface area contributed by atoms with E-state index in [0.717, 1.165) is 4.31 Å². The van der Waals surface area contributed by atoms with Crippen LogP contribution in [0, 0.1) is 0 Å². The van der Waals surface area contributed by atoms with Gasteiger partial charge in [0.25, 0.3) is 0 Å². The van der Waals surface area contributed by atoms with Crippen LogP contribution >= 0.6 is 0 Å². The molecule has 0 aliphatic heterocycles. The summed E-state index contributed by atoms with van der Waals surface area (Å²) in [6, 6.07) is 3.95. The van der Waals surface area contributed by atoms with Crippen molar-refractivity contribution in [1.82, 2.24) is 0 Å². The van der Waals surface area contributed by atoms with Gasteiger partial charge in [-0.2, -0.15) is 0 Å². The Labute approximate surface area is 106 Å². The zero-order valence-electron chi connectivity index (χ0n) is 10.4. The highest BCUT2D eigenvalue weighted by atomic mass is 32.2. The molecule has 0 atom stereocenters. The molecule has 0 amide bonds. The van der Waals surface area contributed by atoms with Gasteiger partial charge in [-0.1, -0.05) is 0 Å². The van der Waals surface area contributed by atoms with Crippen LogP contribution in [0.4, 0.5) is 11.4 Å². The maximum absolute atomic E-state index is 12.0. The molecule has 0 heterocycles. The molecule has 0 fully saturated rings. The lowest BCUT2D eigenvalue weighted by Gasteiger charge is -2.23. The van der Waals surface area contributed by atoms with Crippen molar-refractivity contribution in [2.45, 2.75) is 19.1 Å². The number of carbonyl (C=O) groups is 1. The molecule has 1 aromatic carbocycles. The van der Waals surface area contributed by atoms with Crippen molar-refractivity contribution in [1.29, 1.82) is 0 Å². The number of hydrogen-bond donors (Lipinski definition) is 2. The first kappa shape index (κ1) is 14.3. The molecule has 0 bridgehead atoms. The summed E-state index contributed by atoms with van der Waals surface area (Å²) < 4.78 is 25.0. The third-order valence-corrected chi connectivity index (χ3v) is 4.74. The van der Waals surface area contributed by atoms with Gasteiger partial charge in [0.1, 0.15) is 0 Å². The van der Waals surface area contributed by atoms with Crippen LogP contribution in [-0.4, -0.2) is 31.8 Å². The monoisotopic (exact) mass is 272 g/mol. The lowest BCUT2D eigenvalue weighted by atomic mass is 10.2. The number of anilines is 2. The minimum Gasteiger partial charge on any atom is -0.478 e. The van der Waals surface area contributed by atoms with Crippen LogP contribution in [0.5, 0.6) is 0 Å². The number of hydrogen-bond acceptors (Lipinski definition) is 4. The van der Waals surface area contributed by atoms with E-state index in [1.54, 1.807) is 13.8 Å². The van der Waals surface area contributed by atoms with Gasteiger partial charge in [-0.3, -0.25) is 4.31 Å². The van der Waals surface area contributed by atoms with Crippen molar-refractivity contribution in [2.75, 3.05) is 17.1 Å². The highest BCUT2D eigenvalue weighted by molar-refractivity contribution is 7.93. The van der Waals surface area contributed by atoms with E-state index in [4.69, 9.17) is 10.8 Å². The molecule has 0 saturated carbocycles. The molecule has 0 aliphatic rings. The van der Waals surface area contributed by atoms with Crippen LogP contribution in [0.1, 0.15) is 24.2 Å². The number of nitrogens with two attached hydrogens (primary N) is 1. The minimum atomic E-state index is -3.48. The highest BCUT2D eigenvalue weighted by Crippen LogP contribution is 2.26. The predicted octanol–water partition coefficient (Wildman–Crippen LogP) is 1.14. The van der Waals surface area contributed by atoms with Crippen LogP contribution in [0.25, 0.3) is 0 Å².